The smallest absolute Gasteiger partial charge is 0.337 e. The van der Waals surface area contributed by atoms with Gasteiger partial charge in [0.05, 0.1) is 19.0 Å². The van der Waals surface area contributed by atoms with E-state index in [9.17, 15) is 4.79 Å². The molecule has 0 unspecified atom stereocenters. The highest BCUT2D eigenvalue weighted by atomic mass is 35.5. The van der Waals surface area contributed by atoms with Gasteiger partial charge in [0.1, 0.15) is 5.52 Å². The molecule has 3 rings (SSSR count). The van der Waals surface area contributed by atoms with Gasteiger partial charge >= 0.3 is 5.97 Å². The number of esters is 1. The third-order valence-corrected chi connectivity index (χ3v) is 3.84. The van der Waals surface area contributed by atoms with Crippen LogP contribution in [0, 0.1) is 0 Å². The first-order valence-corrected chi connectivity index (χ1v) is 7.55. The third-order valence-electron chi connectivity index (χ3n) is 3.41. The van der Waals surface area contributed by atoms with Gasteiger partial charge in [0.25, 0.3) is 0 Å². The minimum absolute atomic E-state index is 0.0895. The van der Waals surface area contributed by atoms with Gasteiger partial charge in [0.15, 0.2) is 10.8 Å². The fraction of sp³-hybridized carbons (Fsp3) is 0.200. The number of carbonyl (C=O) groups is 1. The summed E-state index contributed by atoms with van der Waals surface area (Å²) in [5.74, 6) is -0.349. The van der Waals surface area contributed by atoms with E-state index in [0.717, 1.165) is 12.0 Å². The number of imidazole rings is 1. The van der Waals surface area contributed by atoms with Gasteiger partial charge in [-0.2, -0.15) is 4.98 Å². The summed E-state index contributed by atoms with van der Waals surface area (Å²) in [5.41, 5.74) is 2.72. The van der Waals surface area contributed by atoms with Crippen LogP contribution in [0.25, 0.3) is 11.2 Å². The van der Waals surface area contributed by atoms with E-state index in [2.05, 4.69) is 19.7 Å². The molecule has 0 amide bonds. The molecule has 23 heavy (non-hydrogen) atoms. The molecule has 0 saturated carbocycles. The first-order valence-electron chi connectivity index (χ1n) is 6.79. The van der Waals surface area contributed by atoms with Crippen molar-refractivity contribution in [1.29, 1.82) is 0 Å². The van der Waals surface area contributed by atoms with Crippen LogP contribution < -0.4 is 0 Å². The van der Waals surface area contributed by atoms with Crippen LogP contribution in [0.3, 0.4) is 0 Å². The second-order valence-electron chi connectivity index (χ2n) is 4.83. The molecule has 118 valence electrons. The van der Waals surface area contributed by atoms with Crippen molar-refractivity contribution in [3.05, 3.63) is 52.2 Å². The summed E-state index contributed by atoms with van der Waals surface area (Å²) >= 11 is 11.8. The molecule has 2 aromatic heterocycles. The molecule has 0 spiro atoms. The molecule has 0 atom stereocenters. The Bertz CT molecular complexity index is 862. The van der Waals surface area contributed by atoms with Gasteiger partial charge in [-0.3, -0.25) is 0 Å². The van der Waals surface area contributed by atoms with Gasteiger partial charge < -0.3 is 9.30 Å². The zero-order valence-corrected chi connectivity index (χ0v) is 13.7. The topological polar surface area (TPSA) is 69.9 Å². The number of benzene rings is 1. The number of aromatic nitrogens is 4. The number of ether oxygens (including phenoxy) is 1. The molecule has 3 aromatic rings. The number of nitrogens with zero attached hydrogens (tertiary/aromatic N) is 4. The Hall–Kier alpha value is -2.18. The van der Waals surface area contributed by atoms with E-state index in [-0.39, 0.29) is 16.4 Å². The first kappa shape index (κ1) is 15.7. The van der Waals surface area contributed by atoms with Gasteiger partial charge in [-0.25, -0.2) is 14.8 Å². The van der Waals surface area contributed by atoms with Gasteiger partial charge in [-0.15, -0.1) is 0 Å². The summed E-state index contributed by atoms with van der Waals surface area (Å²) in [7, 11) is 1.36. The Morgan fingerprint density at radius 2 is 1.96 bits per heavy atom. The first-order chi connectivity index (χ1) is 11.1. The van der Waals surface area contributed by atoms with Crippen LogP contribution in [0.4, 0.5) is 0 Å². The molecule has 1 aromatic carbocycles. The number of aryl methyl sites for hydroxylation is 2. The van der Waals surface area contributed by atoms with Crippen molar-refractivity contribution >= 4 is 40.3 Å². The van der Waals surface area contributed by atoms with E-state index in [1.807, 2.05) is 16.7 Å². The van der Waals surface area contributed by atoms with Crippen molar-refractivity contribution in [3.63, 3.8) is 0 Å². The highest BCUT2D eigenvalue weighted by molar-refractivity contribution is 6.35. The summed E-state index contributed by atoms with van der Waals surface area (Å²) < 4.78 is 6.54. The standard InChI is InChI=1S/C15H12Cl2N4O2/c1-23-14(22)10-4-2-9(3-5-10)6-7-21-8-18-11-12(16)19-15(17)20-13(11)21/h2-5,8H,6-7H2,1H3. The summed E-state index contributed by atoms with van der Waals surface area (Å²) in [4.78, 5) is 23.6. The number of hydrogen-bond acceptors (Lipinski definition) is 5. The van der Waals surface area contributed by atoms with E-state index in [1.54, 1.807) is 18.5 Å². The number of methoxy groups -OCH3 is 1. The van der Waals surface area contributed by atoms with E-state index in [0.29, 0.717) is 23.3 Å². The summed E-state index contributed by atoms with van der Waals surface area (Å²) in [6, 6.07) is 7.26. The average Bonchev–Trinajstić information content (AvgIpc) is 2.96. The van der Waals surface area contributed by atoms with Crippen molar-refractivity contribution in [1.82, 2.24) is 19.5 Å². The molecule has 0 aliphatic rings. The van der Waals surface area contributed by atoms with E-state index < -0.39 is 0 Å². The summed E-state index contributed by atoms with van der Waals surface area (Å²) in [6.45, 7) is 0.651. The van der Waals surface area contributed by atoms with E-state index in [4.69, 9.17) is 23.2 Å². The predicted molar refractivity (Wildman–Crippen MR) is 86.8 cm³/mol. The van der Waals surface area contributed by atoms with Gasteiger partial charge in [-0.1, -0.05) is 23.7 Å². The van der Waals surface area contributed by atoms with Crippen molar-refractivity contribution in [3.8, 4) is 0 Å². The predicted octanol–water partition coefficient (Wildman–Crippen LogP) is 3.16. The number of hydrogen-bond donors (Lipinski definition) is 0. The SMILES string of the molecule is COC(=O)c1ccc(CCn2cnc3c(Cl)nc(Cl)nc32)cc1. The van der Waals surface area contributed by atoms with Crippen LogP contribution in [0.1, 0.15) is 15.9 Å². The molecule has 8 heteroatoms. The molecule has 0 aliphatic carbocycles. The molecule has 6 nitrogen and oxygen atoms in total. The molecular formula is C15H12Cl2N4O2. The number of fused-ring (bicyclic) bond motifs is 1. The van der Waals surface area contributed by atoms with E-state index in [1.165, 1.54) is 7.11 Å². The Labute approximate surface area is 142 Å². The molecule has 0 radical (unpaired) electrons. The van der Waals surface area contributed by atoms with Crippen LogP contribution in [0.2, 0.25) is 10.4 Å². The second-order valence-corrected chi connectivity index (χ2v) is 5.53. The zero-order chi connectivity index (χ0) is 16.4. The lowest BCUT2D eigenvalue weighted by atomic mass is 10.1. The summed E-state index contributed by atoms with van der Waals surface area (Å²) in [5, 5.41) is 0.327. The average molecular weight is 351 g/mol. The lowest BCUT2D eigenvalue weighted by molar-refractivity contribution is 0.0600. The third kappa shape index (κ3) is 3.28. The Morgan fingerprint density at radius 1 is 1.22 bits per heavy atom. The number of carbonyl (C=O) groups excluding carboxylic acids is 1. The van der Waals surface area contributed by atoms with Crippen molar-refractivity contribution < 1.29 is 9.53 Å². The molecule has 0 fully saturated rings. The van der Waals surface area contributed by atoms with Crippen LogP contribution in [-0.2, 0) is 17.7 Å². The van der Waals surface area contributed by atoms with Crippen LogP contribution in [-0.4, -0.2) is 32.6 Å². The van der Waals surface area contributed by atoms with Crippen LogP contribution in [0.5, 0.6) is 0 Å². The van der Waals surface area contributed by atoms with Crippen molar-refractivity contribution in [2.45, 2.75) is 13.0 Å². The lowest BCUT2D eigenvalue weighted by Crippen LogP contribution is -2.03. The van der Waals surface area contributed by atoms with Gasteiger partial charge in [0.2, 0.25) is 5.28 Å². The summed E-state index contributed by atoms with van der Waals surface area (Å²) in [6.07, 6.45) is 2.40. The molecular weight excluding hydrogens is 339 g/mol. The maximum Gasteiger partial charge on any atom is 0.337 e. The van der Waals surface area contributed by atoms with Gasteiger partial charge in [-0.05, 0) is 35.7 Å². The highest BCUT2D eigenvalue weighted by Gasteiger charge is 2.11. The minimum atomic E-state index is -0.349. The fourth-order valence-corrected chi connectivity index (χ4v) is 2.64. The second kappa shape index (κ2) is 6.52. The quantitative estimate of drug-likeness (QED) is 0.410. The lowest BCUT2D eigenvalue weighted by Gasteiger charge is -2.05. The monoisotopic (exact) mass is 350 g/mol. The van der Waals surface area contributed by atoms with Gasteiger partial charge in [0, 0.05) is 6.54 Å². The largest absolute Gasteiger partial charge is 0.465 e. The van der Waals surface area contributed by atoms with Crippen LogP contribution in [0.15, 0.2) is 30.6 Å². The Morgan fingerprint density at radius 3 is 2.65 bits per heavy atom. The zero-order valence-electron chi connectivity index (χ0n) is 12.2. The number of rotatable bonds is 4. The molecule has 2 heterocycles. The highest BCUT2D eigenvalue weighted by Crippen LogP contribution is 2.20. The normalized spacial score (nSPS) is 10.9. The molecule has 0 aliphatic heterocycles. The number of halogens is 2. The van der Waals surface area contributed by atoms with Crippen molar-refractivity contribution in [2.75, 3.05) is 7.11 Å². The fourth-order valence-electron chi connectivity index (χ4n) is 2.22. The minimum Gasteiger partial charge on any atom is -0.465 e. The maximum atomic E-state index is 11.4. The van der Waals surface area contributed by atoms with E-state index >= 15 is 0 Å². The molecule has 0 bridgehead atoms. The van der Waals surface area contributed by atoms with Crippen LogP contribution >= 0.6 is 23.2 Å². The molecule has 0 saturated heterocycles. The Kier molecular flexibility index (Phi) is 4.45. The van der Waals surface area contributed by atoms with Crippen molar-refractivity contribution in [2.24, 2.45) is 0 Å². The Balaban J connectivity index is 1.77. The molecule has 0 N–H and O–H groups in total. The maximum absolute atomic E-state index is 11.4.